The van der Waals surface area contributed by atoms with E-state index in [9.17, 15) is 19.2 Å². The topological polar surface area (TPSA) is 102 Å². The van der Waals surface area contributed by atoms with E-state index in [1.165, 1.54) is 67.6 Å². The van der Waals surface area contributed by atoms with Gasteiger partial charge in [-0.1, -0.05) is 51.4 Å². The maximum Gasteiger partial charge on any atom is 0.188 e. The van der Waals surface area contributed by atoms with Gasteiger partial charge in [-0.2, -0.15) is 0 Å². The van der Waals surface area contributed by atoms with Crippen LogP contribution in [0.3, 0.4) is 0 Å². The van der Waals surface area contributed by atoms with Crippen LogP contribution < -0.4 is 4.74 Å². The number of thiophene rings is 4. The lowest BCUT2D eigenvalue weighted by molar-refractivity contribution is -0.123. The molecule has 8 unspecified atom stereocenters. The van der Waals surface area contributed by atoms with Crippen molar-refractivity contribution in [1.29, 1.82) is 0 Å². The van der Waals surface area contributed by atoms with Crippen molar-refractivity contribution < 1.29 is 23.9 Å². The maximum absolute atomic E-state index is 13.6. The molecular weight excluding hydrogens is 729 g/mol. The summed E-state index contributed by atoms with van der Waals surface area (Å²) < 4.78 is 11.0. The Labute approximate surface area is 318 Å². The zero-order valence-corrected chi connectivity index (χ0v) is 32.6. The van der Waals surface area contributed by atoms with Gasteiger partial charge in [0.1, 0.15) is 15.6 Å². The van der Waals surface area contributed by atoms with Crippen LogP contribution in [0.1, 0.15) is 96.5 Å². The van der Waals surface area contributed by atoms with Crippen LogP contribution >= 0.6 is 45.3 Å². The number of carbonyl (C=O) groups excluding carboxylic acids is 4. The van der Waals surface area contributed by atoms with Crippen molar-refractivity contribution in [3.8, 4) is 15.5 Å². The molecule has 52 heavy (non-hydrogen) atoms. The minimum absolute atomic E-state index is 0.0352. The number of aliphatic imine (C=N–C) groups is 2. The van der Waals surface area contributed by atoms with Gasteiger partial charge in [-0.3, -0.25) is 19.2 Å². The Morgan fingerprint density at radius 3 is 1.44 bits per heavy atom. The first-order chi connectivity index (χ1) is 25.1. The Kier molecular flexibility index (Phi) is 7.25. The number of hydrogen-bond acceptors (Lipinski definition) is 11. The number of fused-ring (bicyclic) bond motifs is 11. The van der Waals surface area contributed by atoms with Crippen LogP contribution in [-0.2, 0) is 24.8 Å². The average molecular weight is 769 g/mol. The molecule has 0 aromatic carbocycles. The van der Waals surface area contributed by atoms with Crippen LogP contribution in [0, 0.1) is 47.3 Å². The molecule has 7 nitrogen and oxygen atoms in total. The monoisotopic (exact) mass is 768 g/mol. The molecule has 0 N–H and O–H groups in total. The van der Waals surface area contributed by atoms with Gasteiger partial charge in [-0.15, -0.1) is 45.3 Å². The largest absolute Gasteiger partial charge is 0.480 e. The van der Waals surface area contributed by atoms with E-state index >= 15 is 0 Å². The third kappa shape index (κ3) is 4.70. The van der Waals surface area contributed by atoms with Crippen LogP contribution in [0.25, 0.3) is 28.6 Å². The van der Waals surface area contributed by atoms with Crippen molar-refractivity contribution in [3.63, 3.8) is 0 Å². The number of ether oxygens (including phenoxy) is 1. The summed E-state index contributed by atoms with van der Waals surface area (Å²) in [5.74, 6) is 2.28. The molecule has 5 heterocycles. The molecule has 6 aliphatic carbocycles. The van der Waals surface area contributed by atoms with Gasteiger partial charge in [0, 0.05) is 33.9 Å². The molecule has 268 valence electrons. The molecule has 0 saturated heterocycles. The number of rotatable bonds is 2. The van der Waals surface area contributed by atoms with E-state index in [-0.39, 0.29) is 58.2 Å². The number of carbonyl (C=O) groups is 4. The van der Waals surface area contributed by atoms with Crippen LogP contribution in [0.5, 0.6) is 5.75 Å². The quantitative estimate of drug-likeness (QED) is 0.202. The molecule has 0 amide bonds. The van der Waals surface area contributed by atoms with Crippen LogP contribution in [0.15, 0.2) is 22.1 Å². The van der Waals surface area contributed by atoms with E-state index < -0.39 is 5.60 Å². The highest BCUT2D eigenvalue weighted by Gasteiger charge is 2.54. The van der Waals surface area contributed by atoms with Crippen molar-refractivity contribution in [3.05, 3.63) is 17.7 Å². The minimum atomic E-state index is -0.631. The number of ketones is 4. The molecule has 7 aliphatic rings. The Balaban J connectivity index is 0.897. The summed E-state index contributed by atoms with van der Waals surface area (Å²) in [6.07, 6.45) is 13.1. The predicted octanol–water partition coefficient (Wildman–Crippen LogP) is 10.6. The van der Waals surface area contributed by atoms with Crippen molar-refractivity contribution in [2.75, 3.05) is 0 Å². The highest BCUT2D eigenvalue weighted by Crippen LogP contribution is 2.61. The van der Waals surface area contributed by atoms with Gasteiger partial charge >= 0.3 is 0 Å². The van der Waals surface area contributed by atoms with E-state index in [1.54, 1.807) is 34.0 Å². The normalized spacial score (nSPS) is 33.4. The van der Waals surface area contributed by atoms with Gasteiger partial charge in [0.05, 0.1) is 23.9 Å². The minimum Gasteiger partial charge on any atom is -0.480 e. The summed E-state index contributed by atoms with van der Waals surface area (Å²) >= 11 is 6.44. The van der Waals surface area contributed by atoms with E-state index in [1.807, 2.05) is 12.1 Å². The zero-order chi connectivity index (χ0) is 35.2. The molecule has 6 saturated carbocycles. The maximum atomic E-state index is 13.6. The van der Waals surface area contributed by atoms with Crippen LogP contribution in [0.4, 0.5) is 10.0 Å². The third-order valence-corrected chi connectivity index (χ3v) is 18.6. The summed E-state index contributed by atoms with van der Waals surface area (Å²) in [6, 6.07) is 4.06. The molecule has 4 aromatic heterocycles. The smallest absolute Gasteiger partial charge is 0.188 e. The average Bonchev–Trinajstić information content (AvgIpc) is 3.95. The Morgan fingerprint density at radius 1 is 0.577 bits per heavy atom. The number of hydrogen-bond donors (Lipinski definition) is 0. The number of nitrogens with zero attached hydrogens (tertiary/aromatic N) is 2. The van der Waals surface area contributed by atoms with E-state index in [4.69, 9.17) is 14.7 Å². The summed E-state index contributed by atoms with van der Waals surface area (Å²) in [6.45, 7) is 4.18. The van der Waals surface area contributed by atoms with Crippen molar-refractivity contribution in [1.82, 2.24) is 0 Å². The Hall–Kier alpha value is -2.86. The predicted molar refractivity (Wildman–Crippen MR) is 210 cm³/mol. The van der Waals surface area contributed by atoms with Gasteiger partial charge in [0.2, 0.25) is 0 Å². The van der Waals surface area contributed by atoms with Gasteiger partial charge in [0.15, 0.2) is 40.3 Å². The fraction of sp³-hybridized carbons (Fsp3) is 0.561. The second-order valence-corrected chi connectivity index (χ2v) is 21.3. The first kappa shape index (κ1) is 32.6. The lowest BCUT2D eigenvalue weighted by atomic mass is 9.64. The highest BCUT2D eigenvalue weighted by atomic mass is 32.1. The Morgan fingerprint density at radius 2 is 0.981 bits per heavy atom. The standard InChI is InChI=1S/C41H40N2O5S4/c1-41(2)29-37-25(15-27(51-37)42-30-32(44)21-11-17-7-3-4-8-18(17)12-22(21)33(30)45)49-39(29)40-36(48-41)38-26(50-40)16-28(52-38)43-31-34(46)23-13-19-9-5-6-10-20(19)14-24(23)35(31)47/h15-24H,3-14H2,1-2H3. The lowest BCUT2D eigenvalue weighted by Crippen LogP contribution is -2.35. The fourth-order valence-corrected chi connectivity index (χ4v) is 16.7. The summed E-state index contributed by atoms with van der Waals surface area (Å²) in [5.41, 5.74) is 0.826. The second kappa shape index (κ2) is 11.6. The molecule has 0 bridgehead atoms. The fourth-order valence-electron chi connectivity index (χ4n) is 11.4. The SMILES string of the molecule is CC1(C)Oc2c(sc3cc(N=C4C(=O)C5CC6CCCCC6CC5C4=O)sc23)-c2sc3cc(N=C4C(=O)C5CC6CCCCC6CC5C4=O)sc3c21. The molecule has 11 rings (SSSR count). The highest BCUT2D eigenvalue weighted by molar-refractivity contribution is 7.36. The summed E-state index contributed by atoms with van der Waals surface area (Å²) in [5, 5.41) is 1.40. The van der Waals surface area contributed by atoms with Crippen molar-refractivity contribution in [2.45, 2.75) is 96.5 Å². The van der Waals surface area contributed by atoms with Gasteiger partial charge < -0.3 is 4.74 Å². The van der Waals surface area contributed by atoms with Crippen molar-refractivity contribution in [2.24, 2.45) is 57.3 Å². The Bertz CT molecular complexity index is 2260. The van der Waals surface area contributed by atoms with Crippen LogP contribution in [0.2, 0.25) is 0 Å². The third-order valence-electron chi connectivity index (χ3n) is 13.9. The van der Waals surface area contributed by atoms with E-state index in [0.717, 1.165) is 60.7 Å². The molecule has 11 heteroatoms. The molecule has 8 atom stereocenters. The summed E-state index contributed by atoms with van der Waals surface area (Å²) in [7, 11) is 0. The molecule has 1 aliphatic heterocycles. The van der Waals surface area contributed by atoms with Gasteiger partial charge in [0.25, 0.3) is 0 Å². The molecule has 4 aromatic rings. The van der Waals surface area contributed by atoms with Crippen LogP contribution in [-0.4, -0.2) is 34.6 Å². The molecule has 0 spiro atoms. The van der Waals surface area contributed by atoms with Gasteiger partial charge in [-0.25, -0.2) is 9.98 Å². The second-order valence-electron chi connectivity index (χ2n) is 17.1. The lowest BCUT2D eigenvalue weighted by Gasteiger charge is -2.39. The molecule has 0 radical (unpaired) electrons. The van der Waals surface area contributed by atoms with Gasteiger partial charge in [-0.05, 0) is 75.3 Å². The molecule has 6 fully saturated rings. The number of Topliss-reactive ketones (excluding diaryl/α,β-unsaturated/α-hetero) is 4. The zero-order valence-electron chi connectivity index (χ0n) is 29.3. The first-order valence-corrected chi connectivity index (χ1v) is 22.6. The summed E-state index contributed by atoms with van der Waals surface area (Å²) in [4.78, 5) is 66.1. The van der Waals surface area contributed by atoms with E-state index in [2.05, 4.69) is 13.8 Å². The first-order valence-electron chi connectivity index (χ1n) is 19.3. The van der Waals surface area contributed by atoms with Crippen molar-refractivity contribution >= 4 is 109 Å². The van der Waals surface area contributed by atoms with E-state index in [0.29, 0.717) is 33.7 Å². The molecular formula is C41H40N2O5S4.